The quantitative estimate of drug-likeness (QED) is 0.262. The fourth-order valence-corrected chi connectivity index (χ4v) is 7.08. The van der Waals surface area contributed by atoms with Crippen LogP contribution in [0.25, 0.3) is 10.9 Å². The third kappa shape index (κ3) is 4.30. The van der Waals surface area contributed by atoms with E-state index < -0.39 is 18.1 Å². The minimum absolute atomic E-state index is 0.118. The number of urea groups is 1. The first-order chi connectivity index (χ1) is 20.4. The predicted molar refractivity (Wildman–Crippen MR) is 164 cm³/mol. The number of aromatic amines is 1. The lowest BCUT2D eigenvalue weighted by Crippen LogP contribution is -2.44. The minimum atomic E-state index is -0.673. The Balaban J connectivity index is 1.30. The minimum Gasteiger partial charge on any atom is -0.356 e. The zero-order valence-corrected chi connectivity index (χ0v) is 24.1. The number of para-hydroxylation sites is 2. The van der Waals surface area contributed by atoms with Crippen molar-refractivity contribution in [2.45, 2.75) is 76.4 Å². The highest BCUT2D eigenvalue weighted by atomic mass is 16.2. The smallest absolute Gasteiger partial charge is 0.332 e. The molecule has 1 saturated carbocycles. The molecule has 7 nitrogen and oxygen atoms in total. The number of nitrogens with zero attached hydrogens (tertiary/aromatic N) is 2. The molecule has 214 valence electrons. The summed E-state index contributed by atoms with van der Waals surface area (Å²) in [5, 5.41) is 4.23. The van der Waals surface area contributed by atoms with Crippen molar-refractivity contribution in [3.8, 4) is 0 Å². The molecular weight excluding hydrogens is 524 g/mol. The summed E-state index contributed by atoms with van der Waals surface area (Å²) in [6.45, 7) is 4.31. The number of imide groups is 1. The highest BCUT2D eigenvalue weighted by molar-refractivity contribution is 6.24. The SMILES string of the molecule is CC(C)c1ccc([C@H]2c3[nH]c4ccccc4c3C[C@H]3C(=O)N(c4ccccc4C(=O)NC4CCCCC4)C(=O)N23)cc1. The van der Waals surface area contributed by atoms with Crippen molar-refractivity contribution < 1.29 is 14.4 Å². The van der Waals surface area contributed by atoms with E-state index in [4.69, 9.17) is 0 Å². The molecule has 3 aliphatic rings. The van der Waals surface area contributed by atoms with Crippen LogP contribution in [0.5, 0.6) is 0 Å². The largest absolute Gasteiger partial charge is 0.356 e. The van der Waals surface area contributed by atoms with Crippen LogP contribution in [-0.4, -0.2) is 39.8 Å². The number of amides is 4. The number of carbonyl (C=O) groups is 3. The van der Waals surface area contributed by atoms with Crippen LogP contribution >= 0.6 is 0 Å². The first-order valence-electron chi connectivity index (χ1n) is 15.2. The fourth-order valence-electron chi connectivity index (χ4n) is 7.08. The van der Waals surface area contributed by atoms with Crippen molar-refractivity contribution in [3.63, 3.8) is 0 Å². The number of nitrogens with one attached hydrogen (secondary N) is 2. The maximum atomic E-state index is 14.4. The number of anilines is 1. The molecule has 3 aromatic carbocycles. The Hall–Kier alpha value is -4.39. The lowest BCUT2D eigenvalue weighted by atomic mass is 9.88. The van der Waals surface area contributed by atoms with Gasteiger partial charge in [-0.1, -0.05) is 87.7 Å². The Bertz CT molecular complexity index is 1680. The van der Waals surface area contributed by atoms with Gasteiger partial charge in [-0.2, -0.15) is 0 Å². The van der Waals surface area contributed by atoms with E-state index in [0.717, 1.165) is 53.4 Å². The predicted octanol–water partition coefficient (Wildman–Crippen LogP) is 6.84. The molecule has 0 bridgehead atoms. The van der Waals surface area contributed by atoms with Crippen LogP contribution in [0.2, 0.25) is 0 Å². The number of hydrogen-bond acceptors (Lipinski definition) is 3. The molecule has 1 saturated heterocycles. The number of rotatable bonds is 5. The summed E-state index contributed by atoms with van der Waals surface area (Å²) in [6.07, 6.45) is 5.71. The molecule has 4 amide bonds. The van der Waals surface area contributed by atoms with Gasteiger partial charge >= 0.3 is 6.03 Å². The monoisotopic (exact) mass is 560 g/mol. The lowest BCUT2D eigenvalue weighted by Gasteiger charge is -2.36. The van der Waals surface area contributed by atoms with Gasteiger partial charge in [0.05, 0.1) is 11.3 Å². The average molecular weight is 561 g/mol. The van der Waals surface area contributed by atoms with Crippen LogP contribution in [0.1, 0.15) is 90.7 Å². The van der Waals surface area contributed by atoms with Gasteiger partial charge in [0.15, 0.2) is 0 Å². The van der Waals surface area contributed by atoms with E-state index in [1.165, 1.54) is 16.9 Å². The molecular formula is C35H36N4O3. The first kappa shape index (κ1) is 26.5. The van der Waals surface area contributed by atoms with Crippen molar-refractivity contribution in [3.05, 3.63) is 101 Å². The van der Waals surface area contributed by atoms with Gasteiger partial charge in [0.1, 0.15) is 12.1 Å². The maximum absolute atomic E-state index is 14.4. The van der Waals surface area contributed by atoms with Crippen LogP contribution in [0.4, 0.5) is 10.5 Å². The molecule has 0 spiro atoms. The molecule has 0 radical (unpaired) electrons. The van der Waals surface area contributed by atoms with Gasteiger partial charge in [-0.25, -0.2) is 9.69 Å². The molecule has 2 aliphatic heterocycles. The summed E-state index contributed by atoms with van der Waals surface area (Å²) >= 11 is 0. The van der Waals surface area contributed by atoms with E-state index in [2.05, 4.69) is 54.5 Å². The summed E-state index contributed by atoms with van der Waals surface area (Å²) in [6, 6.07) is 22.0. The Labute approximate surface area is 245 Å². The number of H-pyrrole nitrogens is 1. The molecule has 42 heavy (non-hydrogen) atoms. The van der Waals surface area contributed by atoms with E-state index >= 15 is 0 Å². The van der Waals surface area contributed by atoms with Crippen molar-refractivity contribution in [1.29, 1.82) is 0 Å². The molecule has 0 unspecified atom stereocenters. The summed E-state index contributed by atoms with van der Waals surface area (Å²) in [5.41, 5.74) is 5.86. The van der Waals surface area contributed by atoms with E-state index in [1.807, 2.05) is 18.2 Å². The van der Waals surface area contributed by atoms with Crippen LogP contribution < -0.4 is 10.2 Å². The second-order valence-electron chi connectivity index (χ2n) is 12.2. The lowest BCUT2D eigenvalue weighted by molar-refractivity contribution is -0.120. The summed E-state index contributed by atoms with van der Waals surface area (Å²) in [4.78, 5) is 48.7. The van der Waals surface area contributed by atoms with E-state index in [1.54, 1.807) is 29.2 Å². The van der Waals surface area contributed by atoms with Crippen molar-refractivity contribution in [2.24, 2.45) is 0 Å². The van der Waals surface area contributed by atoms with Gasteiger partial charge < -0.3 is 10.3 Å². The zero-order valence-electron chi connectivity index (χ0n) is 24.1. The number of carbonyl (C=O) groups excluding carboxylic acids is 3. The highest BCUT2D eigenvalue weighted by Gasteiger charge is 2.53. The fraction of sp³-hybridized carbons (Fsp3) is 0.343. The molecule has 1 aliphatic carbocycles. The van der Waals surface area contributed by atoms with Crippen LogP contribution in [0.15, 0.2) is 72.8 Å². The third-order valence-corrected chi connectivity index (χ3v) is 9.30. The summed E-state index contributed by atoms with van der Waals surface area (Å²) < 4.78 is 0. The van der Waals surface area contributed by atoms with Crippen LogP contribution in [-0.2, 0) is 11.2 Å². The normalized spacial score (nSPS) is 20.7. The Kier molecular flexibility index (Phi) is 6.60. The molecule has 1 aromatic heterocycles. The van der Waals surface area contributed by atoms with Gasteiger partial charge in [0.25, 0.3) is 11.8 Å². The van der Waals surface area contributed by atoms with Crippen LogP contribution in [0.3, 0.4) is 0 Å². The Morgan fingerprint density at radius 3 is 2.38 bits per heavy atom. The third-order valence-electron chi connectivity index (χ3n) is 9.30. The molecule has 4 aromatic rings. The molecule has 2 atom stereocenters. The second-order valence-corrected chi connectivity index (χ2v) is 12.2. The van der Waals surface area contributed by atoms with Crippen molar-refractivity contribution >= 4 is 34.4 Å². The van der Waals surface area contributed by atoms with Gasteiger partial charge in [0.2, 0.25) is 0 Å². The summed E-state index contributed by atoms with van der Waals surface area (Å²) in [5.74, 6) is -0.152. The van der Waals surface area contributed by atoms with Gasteiger partial charge in [0, 0.05) is 29.1 Å². The number of benzene rings is 3. The van der Waals surface area contributed by atoms with Crippen molar-refractivity contribution in [2.75, 3.05) is 4.90 Å². The molecule has 3 heterocycles. The Morgan fingerprint density at radius 2 is 1.62 bits per heavy atom. The summed E-state index contributed by atoms with van der Waals surface area (Å²) in [7, 11) is 0. The van der Waals surface area contributed by atoms with E-state index in [9.17, 15) is 14.4 Å². The first-order valence-corrected chi connectivity index (χ1v) is 15.2. The van der Waals surface area contributed by atoms with Gasteiger partial charge in [-0.15, -0.1) is 0 Å². The number of fused-ring (bicyclic) bond motifs is 4. The Morgan fingerprint density at radius 1 is 0.905 bits per heavy atom. The molecule has 7 heteroatoms. The molecule has 7 rings (SSSR count). The maximum Gasteiger partial charge on any atom is 0.332 e. The second kappa shape index (κ2) is 10.5. The number of aromatic nitrogens is 1. The highest BCUT2D eigenvalue weighted by Crippen LogP contribution is 2.45. The standard InChI is InChI=1S/C35H36N4O3/c1-21(2)22-16-18-23(19-17-22)32-31-27(25-12-6-8-14-28(25)37-31)20-30-34(41)39(35(42)38(30)32)29-15-9-7-13-26(29)33(40)36-24-10-4-3-5-11-24/h6-9,12-19,21,24,30,32,37H,3-5,10-11,20H2,1-2H3,(H,36,40)/t30-,32-/m0/s1. The topological polar surface area (TPSA) is 85.5 Å². The van der Waals surface area contributed by atoms with E-state index in [0.29, 0.717) is 23.6 Å². The van der Waals surface area contributed by atoms with Crippen molar-refractivity contribution in [1.82, 2.24) is 15.2 Å². The zero-order chi connectivity index (χ0) is 29.0. The average Bonchev–Trinajstić information content (AvgIpc) is 3.50. The van der Waals surface area contributed by atoms with Crippen LogP contribution in [0, 0.1) is 0 Å². The molecule has 2 N–H and O–H groups in total. The van der Waals surface area contributed by atoms with Gasteiger partial charge in [-0.3, -0.25) is 14.5 Å². The number of hydrogen-bond donors (Lipinski definition) is 2. The molecule has 2 fully saturated rings. The van der Waals surface area contributed by atoms with Gasteiger partial charge in [-0.05, 0) is 53.6 Å². The van der Waals surface area contributed by atoms with E-state index in [-0.39, 0.29) is 17.9 Å².